The minimum atomic E-state index is -2.84. The second-order valence-electron chi connectivity index (χ2n) is 12.2. The molecule has 0 amide bonds. The van der Waals surface area contributed by atoms with Crippen LogP contribution in [0.3, 0.4) is 0 Å². The molecule has 0 N–H and O–H groups in total. The summed E-state index contributed by atoms with van der Waals surface area (Å²) in [4.78, 5) is 0. The molecule has 0 saturated heterocycles. The maximum atomic E-state index is 7.59. The van der Waals surface area contributed by atoms with E-state index in [4.69, 9.17) is 21.2 Å². The van der Waals surface area contributed by atoms with Crippen LogP contribution >= 0.6 is 0 Å². The fourth-order valence-electron chi connectivity index (χ4n) is 6.06. The quantitative estimate of drug-likeness (QED) is 0.0652. The van der Waals surface area contributed by atoms with Crippen LogP contribution < -0.4 is 0 Å². The van der Waals surface area contributed by atoms with Gasteiger partial charge in [0.1, 0.15) is 0 Å². The molecular weight excluding hydrogens is 581 g/mol. The monoisotopic (exact) mass is 652 g/mol. The van der Waals surface area contributed by atoms with Crippen molar-refractivity contribution in [2.24, 2.45) is 0 Å². The Morgan fingerprint density at radius 3 is 0.875 bits per heavy atom. The predicted molar refractivity (Wildman–Crippen MR) is 188 cm³/mol. The van der Waals surface area contributed by atoms with E-state index in [9.17, 15) is 0 Å². The van der Waals surface area contributed by atoms with E-state index in [0.29, 0.717) is 0 Å². The van der Waals surface area contributed by atoms with E-state index in [-0.39, 0.29) is 0 Å². The van der Waals surface area contributed by atoms with Crippen LogP contribution in [0.2, 0.25) is 73.0 Å². The molecule has 0 aromatic carbocycles. The first-order valence-electron chi connectivity index (χ1n) is 17.2. The summed E-state index contributed by atoms with van der Waals surface area (Å²) in [5.74, 6) is 0. The first-order valence-corrected chi connectivity index (χ1v) is 29.2. The van der Waals surface area contributed by atoms with Crippen LogP contribution in [0.5, 0.6) is 0 Å². The highest BCUT2D eigenvalue weighted by molar-refractivity contribution is 6.92. The van der Waals surface area contributed by atoms with Crippen molar-refractivity contribution in [3.8, 4) is 0 Å². The number of hydrogen-bond donors (Lipinski definition) is 0. The first kappa shape index (κ1) is 40.9. The minimum absolute atomic E-state index is 1.02. The Morgan fingerprint density at radius 2 is 0.625 bits per heavy atom. The van der Waals surface area contributed by atoms with Crippen molar-refractivity contribution in [3.63, 3.8) is 0 Å². The van der Waals surface area contributed by atoms with Crippen LogP contribution in [0.1, 0.15) is 107 Å². The molecular formula is C30H72O5Si5. The van der Waals surface area contributed by atoms with Gasteiger partial charge in [-0.2, -0.15) is 0 Å². The zero-order valence-corrected chi connectivity index (χ0v) is 34.3. The normalized spacial score (nSPS) is 13.8. The third-order valence-electron chi connectivity index (χ3n) is 10.4. The average Bonchev–Trinajstić information content (AvgIpc) is 3.00. The van der Waals surface area contributed by atoms with Gasteiger partial charge in [0, 0.05) is 20.3 Å². The highest BCUT2D eigenvalue weighted by atomic mass is 28.5. The summed E-state index contributed by atoms with van der Waals surface area (Å²) in [6.45, 7) is 23.4. The van der Waals surface area contributed by atoms with Crippen molar-refractivity contribution < 1.29 is 21.2 Å². The Labute approximate surface area is 257 Å². The maximum absolute atomic E-state index is 7.59. The van der Waals surface area contributed by atoms with E-state index in [1.54, 1.807) is 14.2 Å². The standard InChI is InChI=1S/C30H72O5Si5/c1-13-37(14-2,15-3)33-40(34-38(16-4,17-5)18-6,35-39(19-7,20-8)21-9)30-28-26-24-22-23-25-27-29-36(12,31-10)32-11/h13-30H2,1-12H3. The van der Waals surface area contributed by atoms with Gasteiger partial charge in [0.15, 0.2) is 25.0 Å². The fraction of sp³-hybridized carbons (Fsp3) is 1.00. The zero-order chi connectivity index (χ0) is 30.8. The van der Waals surface area contributed by atoms with Crippen LogP contribution in [0, 0.1) is 0 Å². The molecule has 0 aromatic rings. The molecule has 0 saturated carbocycles. The molecule has 0 aliphatic heterocycles. The van der Waals surface area contributed by atoms with Crippen molar-refractivity contribution in [3.05, 3.63) is 0 Å². The summed E-state index contributed by atoms with van der Waals surface area (Å²) in [7, 11) is -6.87. The Morgan fingerprint density at radius 1 is 0.375 bits per heavy atom. The van der Waals surface area contributed by atoms with Crippen molar-refractivity contribution in [1.82, 2.24) is 0 Å². The molecule has 0 heterocycles. The third-order valence-corrected chi connectivity index (χ3v) is 34.9. The molecule has 10 heteroatoms. The molecule has 0 radical (unpaired) electrons. The third kappa shape index (κ3) is 12.9. The highest BCUT2D eigenvalue weighted by Gasteiger charge is 2.54. The lowest BCUT2D eigenvalue weighted by Gasteiger charge is -2.48. The molecule has 0 atom stereocenters. The van der Waals surface area contributed by atoms with E-state index >= 15 is 0 Å². The lowest BCUT2D eigenvalue weighted by Crippen LogP contribution is -2.64. The maximum Gasteiger partial charge on any atom is 0.469 e. The summed E-state index contributed by atoms with van der Waals surface area (Å²) >= 11 is 0. The van der Waals surface area contributed by atoms with Gasteiger partial charge in [0.2, 0.25) is 0 Å². The summed E-state index contributed by atoms with van der Waals surface area (Å²) < 4.78 is 34.1. The predicted octanol–water partition coefficient (Wildman–Crippen LogP) is 11.1. The molecule has 0 rings (SSSR count). The zero-order valence-electron chi connectivity index (χ0n) is 29.3. The van der Waals surface area contributed by atoms with Gasteiger partial charge in [-0.3, -0.25) is 0 Å². The van der Waals surface area contributed by atoms with Crippen LogP contribution in [0.15, 0.2) is 0 Å². The summed E-state index contributed by atoms with van der Waals surface area (Å²) in [5.41, 5.74) is 0. The van der Waals surface area contributed by atoms with Crippen LogP contribution in [0.25, 0.3) is 0 Å². The van der Waals surface area contributed by atoms with E-state index in [1.807, 2.05) is 0 Å². The molecule has 5 nitrogen and oxygen atoms in total. The van der Waals surface area contributed by atoms with Gasteiger partial charge in [-0.15, -0.1) is 0 Å². The van der Waals surface area contributed by atoms with E-state index in [2.05, 4.69) is 68.9 Å². The minimum Gasteiger partial charge on any atom is -0.416 e. The second kappa shape index (κ2) is 20.8. The molecule has 0 aromatic heterocycles. The van der Waals surface area contributed by atoms with Crippen LogP contribution in [-0.4, -0.2) is 56.5 Å². The van der Waals surface area contributed by atoms with E-state index in [1.165, 1.54) is 44.9 Å². The Bertz CT molecular complexity index is 544. The van der Waals surface area contributed by atoms with Crippen LogP contribution in [0.4, 0.5) is 0 Å². The highest BCUT2D eigenvalue weighted by Crippen LogP contribution is 2.39. The first-order chi connectivity index (χ1) is 19.0. The molecule has 0 spiro atoms. The molecule has 0 aliphatic carbocycles. The van der Waals surface area contributed by atoms with Gasteiger partial charge in [-0.05, 0) is 73.4 Å². The smallest absolute Gasteiger partial charge is 0.416 e. The lowest BCUT2D eigenvalue weighted by molar-refractivity contribution is 0.237. The molecule has 40 heavy (non-hydrogen) atoms. The summed E-state index contributed by atoms with van der Waals surface area (Å²) in [6, 6.07) is 12.6. The van der Waals surface area contributed by atoms with Crippen molar-refractivity contribution in [2.45, 2.75) is 180 Å². The van der Waals surface area contributed by atoms with Gasteiger partial charge < -0.3 is 21.2 Å². The van der Waals surface area contributed by atoms with Crippen molar-refractivity contribution >= 4 is 42.3 Å². The van der Waals surface area contributed by atoms with Gasteiger partial charge in [0.05, 0.1) is 0 Å². The topological polar surface area (TPSA) is 46.2 Å². The van der Waals surface area contributed by atoms with Gasteiger partial charge >= 0.3 is 17.4 Å². The number of hydrogen-bond acceptors (Lipinski definition) is 5. The Kier molecular flexibility index (Phi) is 21.2. The lowest BCUT2D eigenvalue weighted by atomic mass is 10.1. The molecule has 0 bridgehead atoms. The summed E-state index contributed by atoms with van der Waals surface area (Å²) in [5, 5.41) is 0. The average molecular weight is 653 g/mol. The van der Waals surface area contributed by atoms with E-state index in [0.717, 1.165) is 66.5 Å². The molecule has 242 valence electrons. The molecule has 0 fully saturated rings. The van der Waals surface area contributed by atoms with Gasteiger partial charge in [-0.1, -0.05) is 101 Å². The largest absolute Gasteiger partial charge is 0.469 e. The number of rotatable bonds is 27. The molecule has 0 unspecified atom stereocenters. The SMILES string of the molecule is CC[Si](CC)(CC)O[Si](CCCCCCCCC[Si](C)(OC)OC)(O[Si](CC)(CC)CC)O[Si](CC)(CC)CC. The van der Waals surface area contributed by atoms with E-state index < -0.39 is 42.3 Å². The van der Waals surface area contributed by atoms with Gasteiger partial charge in [-0.25, -0.2) is 0 Å². The Balaban J connectivity index is 5.77. The van der Waals surface area contributed by atoms with Crippen molar-refractivity contribution in [2.75, 3.05) is 14.2 Å². The Hall–Kier alpha value is 0.884. The fourth-order valence-corrected chi connectivity index (χ4v) is 28.7. The molecule has 0 aliphatic rings. The number of unbranched alkanes of at least 4 members (excludes halogenated alkanes) is 6. The van der Waals surface area contributed by atoms with Crippen molar-refractivity contribution in [1.29, 1.82) is 0 Å². The van der Waals surface area contributed by atoms with Crippen LogP contribution in [-0.2, 0) is 21.2 Å². The second-order valence-corrected chi connectivity index (χ2v) is 33.6. The summed E-state index contributed by atoms with van der Waals surface area (Å²) in [6.07, 6.45) is 8.82. The van der Waals surface area contributed by atoms with Gasteiger partial charge in [0.25, 0.3) is 0 Å².